The normalized spacial score (nSPS) is 13.8. The highest BCUT2D eigenvalue weighted by molar-refractivity contribution is 5.62. The van der Waals surface area contributed by atoms with Crippen LogP contribution in [0.3, 0.4) is 0 Å². The van der Waals surface area contributed by atoms with Gasteiger partial charge in [0.2, 0.25) is 0 Å². The molecular weight excluding hydrogens is 440 g/mol. The molecule has 0 aliphatic rings. The Labute approximate surface area is 202 Å². The average Bonchev–Trinajstić information content (AvgIpc) is 2.65. The van der Waals surface area contributed by atoms with Gasteiger partial charge in [0.15, 0.2) is 0 Å². The second-order valence-corrected chi connectivity index (χ2v) is 12.0. The van der Waals surface area contributed by atoms with Crippen molar-refractivity contribution in [3.8, 4) is 0 Å². The molecule has 0 fully saturated rings. The lowest BCUT2D eigenvalue weighted by Crippen LogP contribution is -2.37. The standard InChI is InChI=1S/C28H40F4N2/c1-15(2)19-11-17(13-21(23(19)33)25(5,6)7)27(29,30)28(31,32)18-12-20(16(3)4)24(34)22(14-18)26(8,9)10/h11-16H,33-34H2,1-10H3. The van der Waals surface area contributed by atoms with Gasteiger partial charge in [0, 0.05) is 22.5 Å². The Balaban J connectivity index is 2.86. The van der Waals surface area contributed by atoms with Crippen molar-refractivity contribution in [2.45, 2.75) is 104 Å². The molecule has 0 heterocycles. The number of hydrogen-bond donors (Lipinski definition) is 2. The Morgan fingerprint density at radius 2 is 0.824 bits per heavy atom. The number of nitrogens with two attached hydrogens (primary N) is 2. The second-order valence-electron chi connectivity index (χ2n) is 12.0. The van der Waals surface area contributed by atoms with Crippen molar-refractivity contribution in [1.29, 1.82) is 0 Å². The van der Waals surface area contributed by atoms with Crippen LogP contribution in [0.4, 0.5) is 28.9 Å². The summed E-state index contributed by atoms with van der Waals surface area (Å²) in [6.45, 7) is 18.2. The topological polar surface area (TPSA) is 52.0 Å². The van der Waals surface area contributed by atoms with Gasteiger partial charge in [0.25, 0.3) is 0 Å². The minimum Gasteiger partial charge on any atom is -0.398 e. The molecule has 2 rings (SSSR count). The third kappa shape index (κ3) is 4.92. The third-order valence-electron chi connectivity index (χ3n) is 6.40. The van der Waals surface area contributed by atoms with Crippen LogP contribution in [-0.4, -0.2) is 0 Å². The summed E-state index contributed by atoms with van der Waals surface area (Å²) in [5.41, 5.74) is 12.4. The number of rotatable bonds is 5. The van der Waals surface area contributed by atoms with Crippen LogP contribution >= 0.6 is 0 Å². The van der Waals surface area contributed by atoms with Gasteiger partial charge in [-0.2, -0.15) is 17.6 Å². The number of nitrogen functional groups attached to an aromatic ring is 2. The molecule has 4 N–H and O–H groups in total. The van der Waals surface area contributed by atoms with Gasteiger partial charge in [-0.25, -0.2) is 0 Å². The monoisotopic (exact) mass is 480 g/mol. The molecule has 2 aromatic carbocycles. The lowest BCUT2D eigenvalue weighted by Gasteiger charge is -2.33. The highest BCUT2D eigenvalue weighted by atomic mass is 19.3. The van der Waals surface area contributed by atoms with Crippen LogP contribution in [0.1, 0.15) is 114 Å². The van der Waals surface area contributed by atoms with Gasteiger partial charge in [-0.1, -0.05) is 69.2 Å². The fourth-order valence-electron chi connectivity index (χ4n) is 4.27. The van der Waals surface area contributed by atoms with Gasteiger partial charge in [0.1, 0.15) is 0 Å². The lowest BCUT2D eigenvalue weighted by atomic mass is 9.78. The first-order chi connectivity index (χ1) is 15.1. The fourth-order valence-corrected chi connectivity index (χ4v) is 4.27. The second kappa shape index (κ2) is 8.76. The molecule has 0 aromatic heterocycles. The van der Waals surface area contributed by atoms with Crippen molar-refractivity contribution in [3.63, 3.8) is 0 Å². The van der Waals surface area contributed by atoms with Crippen molar-refractivity contribution < 1.29 is 17.6 Å². The Bertz CT molecular complexity index is 970. The molecule has 0 aliphatic heterocycles. The van der Waals surface area contributed by atoms with Crippen molar-refractivity contribution in [2.75, 3.05) is 11.5 Å². The Morgan fingerprint density at radius 3 is 1.03 bits per heavy atom. The van der Waals surface area contributed by atoms with Crippen molar-refractivity contribution in [2.24, 2.45) is 0 Å². The number of halogens is 4. The molecule has 0 saturated carbocycles. The van der Waals surface area contributed by atoms with E-state index in [-0.39, 0.29) is 11.8 Å². The molecule has 0 saturated heterocycles. The van der Waals surface area contributed by atoms with Crippen LogP contribution in [0, 0.1) is 0 Å². The molecule has 0 amide bonds. The van der Waals surface area contributed by atoms with E-state index >= 15 is 17.6 Å². The van der Waals surface area contributed by atoms with Crippen molar-refractivity contribution in [1.82, 2.24) is 0 Å². The van der Waals surface area contributed by atoms with E-state index in [1.807, 2.05) is 69.2 Å². The van der Waals surface area contributed by atoms with E-state index in [9.17, 15) is 0 Å². The summed E-state index contributed by atoms with van der Waals surface area (Å²) in [4.78, 5) is 0. The van der Waals surface area contributed by atoms with Gasteiger partial charge in [-0.05, 0) is 69.2 Å². The minimum absolute atomic E-state index is 0.206. The molecule has 2 nitrogen and oxygen atoms in total. The van der Waals surface area contributed by atoms with E-state index in [1.165, 1.54) is 0 Å². The van der Waals surface area contributed by atoms with Crippen LogP contribution in [0.15, 0.2) is 24.3 Å². The summed E-state index contributed by atoms with van der Waals surface area (Å²) < 4.78 is 63.2. The lowest BCUT2D eigenvalue weighted by molar-refractivity contribution is -0.224. The molecule has 2 aromatic rings. The van der Waals surface area contributed by atoms with E-state index in [0.29, 0.717) is 33.6 Å². The molecule has 34 heavy (non-hydrogen) atoms. The zero-order chi connectivity index (χ0) is 26.6. The molecule has 0 bridgehead atoms. The summed E-state index contributed by atoms with van der Waals surface area (Å²) in [6, 6.07) is 4.55. The fraction of sp³-hybridized carbons (Fsp3) is 0.571. The Kier molecular flexibility index (Phi) is 7.22. The quantitative estimate of drug-likeness (QED) is 0.333. The first-order valence-corrected chi connectivity index (χ1v) is 11.8. The predicted octanol–water partition coefficient (Wildman–Crippen LogP) is 8.58. The summed E-state index contributed by atoms with van der Waals surface area (Å²) >= 11 is 0. The van der Waals surface area contributed by atoms with Crippen molar-refractivity contribution >= 4 is 11.4 Å². The molecule has 0 atom stereocenters. The summed E-state index contributed by atoms with van der Waals surface area (Å²) in [7, 11) is 0. The molecule has 6 heteroatoms. The first kappa shape index (κ1) is 28.0. The Morgan fingerprint density at radius 1 is 0.559 bits per heavy atom. The van der Waals surface area contributed by atoms with Crippen LogP contribution in [0.2, 0.25) is 0 Å². The van der Waals surface area contributed by atoms with Gasteiger partial charge in [0.05, 0.1) is 0 Å². The smallest absolute Gasteiger partial charge is 0.339 e. The van der Waals surface area contributed by atoms with Gasteiger partial charge >= 0.3 is 11.8 Å². The SMILES string of the molecule is CC(C)c1cc(C(F)(F)C(F)(F)c2cc(C(C)C)c(N)c(C(C)(C)C)c2)cc(C(C)(C)C)c1N. The Hall–Kier alpha value is -2.24. The predicted molar refractivity (Wildman–Crippen MR) is 135 cm³/mol. The number of hydrogen-bond acceptors (Lipinski definition) is 2. The summed E-state index contributed by atoms with van der Waals surface area (Å²) in [6.07, 6.45) is 0. The molecule has 0 spiro atoms. The molecular formula is C28H40F4N2. The summed E-state index contributed by atoms with van der Waals surface area (Å²) in [5, 5.41) is 0. The molecule has 0 unspecified atom stereocenters. The van der Waals surface area contributed by atoms with E-state index in [4.69, 9.17) is 11.5 Å². The summed E-state index contributed by atoms with van der Waals surface area (Å²) in [5.74, 6) is -9.35. The van der Waals surface area contributed by atoms with Crippen LogP contribution in [0.25, 0.3) is 0 Å². The third-order valence-corrected chi connectivity index (χ3v) is 6.40. The number of benzene rings is 2. The first-order valence-electron chi connectivity index (χ1n) is 11.8. The van der Waals surface area contributed by atoms with E-state index < -0.39 is 33.8 Å². The minimum atomic E-state index is -4.47. The molecule has 190 valence electrons. The highest BCUT2D eigenvalue weighted by Crippen LogP contribution is 2.53. The number of anilines is 2. The molecule has 0 aliphatic carbocycles. The largest absolute Gasteiger partial charge is 0.398 e. The number of alkyl halides is 4. The maximum atomic E-state index is 15.8. The van der Waals surface area contributed by atoms with Gasteiger partial charge in [-0.3, -0.25) is 0 Å². The molecule has 0 radical (unpaired) electrons. The van der Waals surface area contributed by atoms with E-state index in [0.717, 1.165) is 24.3 Å². The maximum absolute atomic E-state index is 15.8. The van der Waals surface area contributed by atoms with E-state index in [2.05, 4.69) is 0 Å². The zero-order valence-corrected chi connectivity index (χ0v) is 22.1. The van der Waals surface area contributed by atoms with Crippen molar-refractivity contribution in [3.05, 3.63) is 57.6 Å². The maximum Gasteiger partial charge on any atom is 0.339 e. The zero-order valence-electron chi connectivity index (χ0n) is 22.1. The van der Waals surface area contributed by atoms with Crippen LogP contribution in [0.5, 0.6) is 0 Å². The van der Waals surface area contributed by atoms with Crippen LogP contribution in [-0.2, 0) is 22.7 Å². The highest BCUT2D eigenvalue weighted by Gasteiger charge is 2.59. The van der Waals surface area contributed by atoms with E-state index in [1.54, 1.807) is 0 Å². The van der Waals surface area contributed by atoms with Crippen LogP contribution < -0.4 is 11.5 Å². The average molecular weight is 481 g/mol. The van der Waals surface area contributed by atoms with Gasteiger partial charge in [-0.15, -0.1) is 0 Å². The van der Waals surface area contributed by atoms with Gasteiger partial charge < -0.3 is 11.5 Å².